The van der Waals surface area contributed by atoms with Gasteiger partial charge in [-0.25, -0.2) is 0 Å². The van der Waals surface area contributed by atoms with Gasteiger partial charge >= 0.3 is 0 Å². The van der Waals surface area contributed by atoms with Crippen molar-refractivity contribution in [3.63, 3.8) is 0 Å². The first kappa shape index (κ1) is 19.6. The molecule has 7 heteroatoms. The Morgan fingerprint density at radius 3 is 2.70 bits per heavy atom. The highest BCUT2D eigenvalue weighted by Gasteiger charge is 2.32. The molecule has 1 heterocycles. The first-order chi connectivity index (χ1) is 13.1. The summed E-state index contributed by atoms with van der Waals surface area (Å²) in [5, 5.41) is 14.1. The van der Waals surface area contributed by atoms with E-state index in [1.54, 1.807) is 0 Å². The smallest absolute Gasteiger partial charge is 0.240 e. The lowest BCUT2D eigenvalue weighted by atomic mass is 9.86. The second kappa shape index (κ2) is 9.69. The molecular weight excluding hydrogens is 360 g/mol. The Balaban J connectivity index is 1.48. The highest BCUT2D eigenvalue weighted by Crippen LogP contribution is 2.26. The van der Waals surface area contributed by atoms with Gasteiger partial charge < -0.3 is 10.6 Å². The van der Waals surface area contributed by atoms with Crippen LogP contribution in [-0.2, 0) is 16.1 Å². The van der Waals surface area contributed by atoms with E-state index in [-0.39, 0.29) is 18.2 Å². The van der Waals surface area contributed by atoms with Crippen LogP contribution in [0.25, 0.3) is 0 Å². The first-order valence-electron chi connectivity index (χ1n) is 9.52. The van der Waals surface area contributed by atoms with E-state index in [0.29, 0.717) is 17.6 Å². The lowest BCUT2D eigenvalue weighted by Crippen LogP contribution is -2.31. The molecule has 1 aromatic rings. The van der Waals surface area contributed by atoms with Crippen molar-refractivity contribution in [3.05, 3.63) is 35.9 Å². The molecule has 2 fully saturated rings. The van der Waals surface area contributed by atoms with Crippen LogP contribution in [0.3, 0.4) is 0 Å². The number of carbonyl (C=O) groups excluding carboxylic acids is 2. The average Bonchev–Trinajstić information content (AvgIpc) is 3.05. The van der Waals surface area contributed by atoms with Crippen molar-refractivity contribution in [2.75, 3.05) is 0 Å². The molecule has 2 N–H and O–H groups in total. The number of thioether (sulfide) groups is 1. The molecule has 1 aromatic carbocycles. The van der Waals surface area contributed by atoms with Crippen molar-refractivity contribution in [1.29, 1.82) is 0 Å². The Morgan fingerprint density at radius 1 is 1.22 bits per heavy atom. The van der Waals surface area contributed by atoms with Gasteiger partial charge in [-0.05, 0) is 31.2 Å². The predicted molar refractivity (Wildman–Crippen MR) is 110 cm³/mol. The van der Waals surface area contributed by atoms with Gasteiger partial charge in [0.15, 0.2) is 5.17 Å². The summed E-state index contributed by atoms with van der Waals surface area (Å²) in [5.41, 5.74) is 2.06. The van der Waals surface area contributed by atoms with E-state index >= 15 is 0 Å². The molecule has 3 rings (SSSR count). The molecule has 1 atom stereocenters. The van der Waals surface area contributed by atoms with Crippen LogP contribution in [0.15, 0.2) is 40.5 Å². The van der Waals surface area contributed by atoms with E-state index in [2.05, 4.69) is 20.8 Å². The van der Waals surface area contributed by atoms with E-state index in [1.807, 2.05) is 37.3 Å². The molecule has 6 nitrogen and oxygen atoms in total. The van der Waals surface area contributed by atoms with Gasteiger partial charge in [0.2, 0.25) is 11.8 Å². The van der Waals surface area contributed by atoms with Gasteiger partial charge in [-0.3, -0.25) is 9.59 Å². The standard InChI is InChI=1S/C20H26N4O2S/c1-14(16-10-6-3-7-11-16)23-24-20-22-19(26)17(27-20)12-18(25)21-13-15-8-4-2-5-9-15/h2,4-5,8-9,16-17H,3,6-7,10-13H2,1H3,(H,21,25)(H,22,24,26)/b23-14-/t17-/m1/s1. The van der Waals surface area contributed by atoms with Gasteiger partial charge in [0.1, 0.15) is 5.25 Å². The maximum atomic E-state index is 12.1. The van der Waals surface area contributed by atoms with Gasteiger partial charge in [-0.2, -0.15) is 5.10 Å². The molecular formula is C20H26N4O2S. The predicted octanol–water partition coefficient (Wildman–Crippen LogP) is 3.24. The van der Waals surface area contributed by atoms with E-state index in [9.17, 15) is 9.59 Å². The van der Waals surface area contributed by atoms with Crippen molar-refractivity contribution >= 4 is 34.5 Å². The molecule has 1 aliphatic carbocycles. The van der Waals surface area contributed by atoms with Gasteiger partial charge in [0, 0.05) is 18.7 Å². The van der Waals surface area contributed by atoms with Gasteiger partial charge in [0.25, 0.3) is 0 Å². The zero-order valence-electron chi connectivity index (χ0n) is 15.6. The Bertz CT molecular complexity index is 727. The third-order valence-electron chi connectivity index (χ3n) is 4.97. The summed E-state index contributed by atoms with van der Waals surface area (Å²) in [4.78, 5) is 24.2. The topological polar surface area (TPSA) is 82.9 Å². The molecule has 144 valence electrons. The average molecular weight is 387 g/mol. The van der Waals surface area contributed by atoms with Crippen LogP contribution in [0.4, 0.5) is 0 Å². The Hall–Kier alpha value is -2.15. The molecule has 0 aromatic heterocycles. The number of hydrogen-bond acceptors (Lipinski definition) is 5. The van der Waals surface area contributed by atoms with Crippen molar-refractivity contribution in [1.82, 2.24) is 10.6 Å². The van der Waals surface area contributed by atoms with Gasteiger partial charge in [-0.15, -0.1) is 5.10 Å². The molecule has 0 spiro atoms. The van der Waals surface area contributed by atoms with Crippen molar-refractivity contribution in [2.45, 2.75) is 57.2 Å². The quantitative estimate of drug-likeness (QED) is 0.582. The Morgan fingerprint density at radius 2 is 1.96 bits per heavy atom. The van der Waals surface area contributed by atoms with Crippen LogP contribution >= 0.6 is 11.8 Å². The van der Waals surface area contributed by atoms with Crippen LogP contribution in [0.5, 0.6) is 0 Å². The summed E-state index contributed by atoms with van der Waals surface area (Å²) in [6.07, 6.45) is 6.28. The number of hydrogen-bond donors (Lipinski definition) is 2. The number of carbonyl (C=O) groups is 2. The summed E-state index contributed by atoms with van der Waals surface area (Å²) >= 11 is 1.28. The highest BCUT2D eigenvalue weighted by atomic mass is 32.2. The lowest BCUT2D eigenvalue weighted by Gasteiger charge is -2.20. The van der Waals surface area contributed by atoms with E-state index in [4.69, 9.17) is 0 Å². The van der Waals surface area contributed by atoms with E-state index in [1.165, 1.54) is 43.9 Å². The van der Waals surface area contributed by atoms with Crippen LogP contribution in [0, 0.1) is 5.92 Å². The van der Waals surface area contributed by atoms with Gasteiger partial charge in [0.05, 0.1) is 0 Å². The molecule has 2 amide bonds. The summed E-state index contributed by atoms with van der Waals surface area (Å²) in [7, 11) is 0. The fraction of sp³-hybridized carbons (Fsp3) is 0.500. The number of rotatable bonds is 6. The fourth-order valence-corrected chi connectivity index (χ4v) is 4.27. The summed E-state index contributed by atoms with van der Waals surface area (Å²) in [6, 6.07) is 9.70. The Kier molecular flexibility index (Phi) is 7.04. The molecule has 1 aliphatic heterocycles. The third-order valence-corrected chi connectivity index (χ3v) is 6.05. The molecule has 1 saturated heterocycles. The summed E-state index contributed by atoms with van der Waals surface area (Å²) in [5.74, 6) is 0.179. The monoisotopic (exact) mass is 386 g/mol. The van der Waals surface area contributed by atoms with Gasteiger partial charge in [-0.1, -0.05) is 61.4 Å². The minimum atomic E-state index is -0.454. The van der Waals surface area contributed by atoms with Crippen molar-refractivity contribution in [2.24, 2.45) is 16.1 Å². The van der Waals surface area contributed by atoms with Crippen LogP contribution in [0.2, 0.25) is 0 Å². The van der Waals surface area contributed by atoms with E-state index in [0.717, 1.165) is 11.3 Å². The van der Waals surface area contributed by atoms with Crippen molar-refractivity contribution in [3.8, 4) is 0 Å². The number of benzene rings is 1. The molecule has 2 aliphatic rings. The maximum Gasteiger partial charge on any atom is 0.240 e. The fourth-order valence-electron chi connectivity index (χ4n) is 3.35. The lowest BCUT2D eigenvalue weighted by molar-refractivity contribution is -0.125. The maximum absolute atomic E-state index is 12.1. The molecule has 0 unspecified atom stereocenters. The summed E-state index contributed by atoms with van der Waals surface area (Å²) in [6.45, 7) is 2.47. The van der Waals surface area contributed by atoms with Crippen LogP contribution < -0.4 is 10.6 Å². The number of nitrogens with one attached hydrogen (secondary N) is 2. The molecule has 27 heavy (non-hydrogen) atoms. The zero-order chi connectivity index (χ0) is 19.1. The number of nitrogens with zero attached hydrogens (tertiary/aromatic N) is 2. The molecule has 0 radical (unpaired) electrons. The van der Waals surface area contributed by atoms with Crippen molar-refractivity contribution < 1.29 is 9.59 Å². The normalized spacial score (nSPS) is 22.7. The highest BCUT2D eigenvalue weighted by molar-refractivity contribution is 8.15. The summed E-state index contributed by atoms with van der Waals surface area (Å²) < 4.78 is 0. The minimum Gasteiger partial charge on any atom is -0.352 e. The first-order valence-corrected chi connectivity index (χ1v) is 10.4. The second-order valence-electron chi connectivity index (χ2n) is 7.04. The SMILES string of the molecule is C/C(=N/N=C1/NC(=O)[C@@H](CC(=O)NCc2ccccc2)S1)C1CCCCC1. The minimum absolute atomic E-state index is 0.133. The molecule has 0 bridgehead atoms. The van der Waals surface area contributed by atoms with Crippen LogP contribution in [-0.4, -0.2) is 27.9 Å². The van der Waals surface area contributed by atoms with E-state index < -0.39 is 5.25 Å². The molecule has 1 saturated carbocycles. The largest absolute Gasteiger partial charge is 0.352 e. The number of amidine groups is 1. The third kappa shape index (κ3) is 5.92. The van der Waals surface area contributed by atoms with Crippen LogP contribution in [0.1, 0.15) is 51.0 Å². The number of amides is 2. The second-order valence-corrected chi connectivity index (χ2v) is 8.24. The zero-order valence-corrected chi connectivity index (χ0v) is 16.4. The Labute approximate surface area is 164 Å².